The first-order valence-electron chi connectivity index (χ1n) is 2.65. The van der Waals surface area contributed by atoms with Crippen LogP contribution in [-0.4, -0.2) is 20.3 Å². The van der Waals surface area contributed by atoms with Crippen LogP contribution in [0.5, 0.6) is 0 Å². The van der Waals surface area contributed by atoms with Crippen LogP contribution in [0.3, 0.4) is 0 Å². The number of ether oxygens (including phenoxy) is 1. The monoisotopic (exact) mass is 129 g/mol. The first-order chi connectivity index (χ1) is 4.41. The third-order valence-electron chi connectivity index (χ3n) is 0.717. The number of methoxy groups -OCH3 is 1. The number of rotatable bonds is 5. The molecular weight excluding hydrogens is 118 g/mol. The van der Waals surface area contributed by atoms with E-state index < -0.39 is 0 Å². The summed E-state index contributed by atoms with van der Waals surface area (Å²) >= 11 is 0. The van der Waals surface area contributed by atoms with E-state index in [2.05, 4.69) is 10.4 Å². The van der Waals surface area contributed by atoms with Gasteiger partial charge in [-0.05, 0) is 0 Å². The van der Waals surface area contributed by atoms with E-state index in [1.165, 1.54) is 6.20 Å². The van der Waals surface area contributed by atoms with Crippen molar-refractivity contribution in [3.05, 3.63) is 12.4 Å². The van der Waals surface area contributed by atoms with Gasteiger partial charge >= 0.3 is 0 Å². The predicted molar refractivity (Wildman–Crippen MR) is 34.2 cm³/mol. The summed E-state index contributed by atoms with van der Waals surface area (Å²) in [6.07, 6.45) is 2.97. The van der Waals surface area contributed by atoms with Gasteiger partial charge in [-0.3, -0.25) is 0 Å². The zero-order valence-electron chi connectivity index (χ0n) is 5.42. The van der Waals surface area contributed by atoms with Crippen molar-refractivity contribution in [1.29, 1.82) is 5.53 Å². The van der Waals surface area contributed by atoms with Crippen LogP contribution in [0.2, 0.25) is 0 Å². The molecule has 0 saturated heterocycles. The molecule has 0 saturated carbocycles. The van der Waals surface area contributed by atoms with Gasteiger partial charge in [0.1, 0.15) is 0 Å². The molecule has 0 amide bonds. The molecule has 0 aromatic rings. The molecule has 52 valence electrons. The maximum Gasteiger partial charge on any atom is 0.0645 e. The Morgan fingerprint density at radius 1 is 1.78 bits per heavy atom. The quantitative estimate of drug-likeness (QED) is 0.424. The third-order valence-corrected chi connectivity index (χ3v) is 0.717. The van der Waals surface area contributed by atoms with E-state index in [4.69, 9.17) is 10.3 Å². The van der Waals surface area contributed by atoms with Crippen LogP contribution in [0, 0.1) is 5.53 Å². The van der Waals surface area contributed by atoms with Crippen molar-refractivity contribution < 1.29 is 4.74 Å². The summed E-state index contributed by atoms with van der Waals surface area (Å²) in [5, 5.41) is 5.87. The smallest absolute Gasteiger partial charge is 0.0645 e. The Hall–Kier alpha value is -0.900. The average molecular weight is 129 g/mol. The molecule has 0 aliphatic heterocycles. The van der Waals surface area contributed by atoms with E-state index in [1.807, 2.05) is 0 Å². The molecule has 0 aromatic carbocycles. The van der Waals surface area contributed by atoms with Crippen molar-refractivity contribution in [2.24, 2.45) is 5.11 Å². The maximum atomic E-state index is 6.35. The zero-order chi connectivity index (χ0) is 6.95. The van der Waals surface area contributed by atoms with Crippen LogP contribution >= 0.6 is 0 Å². The van der Waals surface area contributed by atoms with Crippen LogP contribution < -0.4 is 5.32 Å². The lowest BCUT2D eigenvalue weighted by atomic mass is 10.7. The van der Waals surface area contributed by atoms with Gasteiger partial charge in [0.15, 0.2) is 0 Å². The molecule has 2 N–H and O–H groups in total. The number of hydrogen-bond donors (Lipinski definition) is 2. The second-order valence-corrected chi connectivity index (χ2v) is 1.39. The standard InChI is InChI=1S/C5H11N3O/c1-9-5-4-7-2-3-8-6/h2-3,6-7H,4-5H2,1H3/b3-2-,8-6?. The summed E-state index contributed by atoms with van der Waals surface area (Å²) in [6.45, 7) is 1.42. The lowest BCUT2D eigenvalue weighted by molar-refractivity contribution is 0.203. The Kier molecular flexibility index (Phi) is 6.39. The SMILES string of the molecule is COCCN/C=C\N=N. The van der Waals surface area contributed by atoms with Crippen molar-refractivity contribution in [2.45, 2.75) is 0 Å². The van der Waals surface area contributed by atoms with Gasteiger partial charge in [-0.1, -0.05) is 0 Å². The molecule has 4 heteroatoms. The van der Waals surface area contributed by atoms with Gasteiger partial charge in [0.25, 0.3) is 0 Å². The van der Waals surface area contributed by atoms with Crippen molar-refractivity contribution in [1.82, 2.24) is 5.32 Å². The molecule has 0 aliphatic carbocycles. The average Bonchev–Trinajstić information content (AvgIpc) is 1.89. The highest BCUT2D eigenvalue weighted by Gasteiger charge is 1.75. The molecular formula is C5H11N3O. The van der Waals surface area contributed by atoms with Crippen molar-refractivity contribution in [3.63, 3.8) is 0 Å². The van der Waals surface area contributed by atoms with Gasteiger partial charge in [0.2, 0.25) is 0 Å². The fourth-order valence-corrected chi connectivity index (χ4v) is 0.334. The number of nitrogens with one attached hydrogen (secondary N) is 2. The molecule has 9 heavy (non-hydrogen) atoms. The molecule has 0 spiro atoms. The summed E-state index contributed by atoms with van der Waals surface area (Å²) in [7, 11) is 1.64. The number of nitrogens with zero attached hydrogens (tertiary/aromatic N) is 1. The van der Waals surface area contributed by atoms with E-state index in [0.29, 0.717) is 6.61 Å². The molecule has 0 unspecified atom stereocenters. The summed E-state index contributed by atoms with van der Waals surface area (Å²) in [4.78, 5) is 0. The lowest BCUT2D eigenvalue weighted by Gasteiger charge is -1.95. The van der Waals surface area contributed by atoms with Gasteiger partial charge < -0.3 is 10.1 Å². The van der Waals surface area contributed by atoms with Crippen LogP contribution in [-0.2, 0) is 4.74 Å². The minimum absolute atomic E-state index is 0.669. The predicted octanol–water partition coefficient (Wildman–Crippen LogP) is 0.725. The van der Waals surface area contributed by atoms with E-state index in [1.54, 1.807) is 13.3 Å². The Balaban J connectivity index is 2.90. The Bertz CT molecular complexity index is 92.2. The molecule has 0 rings (SSSR count). The van der Waals surface area contributed by atoms with Crippen molar-refractivity contribution >= 4 is 0 Å². The highest BCUT2D eigenvalue weighted by atomic mass is 16.5. The van der Waals surface area contributed by atoms with Crippen molar-refractivity contribution in [2.75, 3.05) is 20.3 Å². The minimum atomic E-state index is 0.669. The highest BCUT2D eigenvalue weighted by molar-refractivity contribution is 4.73. The van der Waals surface area contributed by atoms with Gasteiger partial charge in [0.05, 0.1) is 12.8 Å². The van der Waals surface area contributed by atoms with Crippen LogP contribution in [0.15, 0.2) is 17.5 Å². The third kappa shape index (κ3) is 7.10. The van der Waals surface area contributed by atoms with E-state index >= 15 is 0 Å². The molecule has 0 aromatic heterocycles. The summed E-state index contributed by atoms with van der Waals surface area (Å²) in [5.74, 6) is 0. The van der Waals surface area contributed by atoms with Gasteiger partial charge in [-0.2, -0.15) is 5.11 Å². The van der Waals surface area contributed by atoms with E-state index in [-0.39, 0.29) is 0 Å². The second-order valence-electron chi connectivity index (χ2n) is 1.39. The van der Waals surface area contributed by atoms with Crippen LogP contribution in [0.4, 0.5) is 0 Å². The molecule has 4 nitrogen and oxygen atoms in total. The Morgan fingerprint density at radius 3 is 3.11 bits per heavy atom. The lowest BCUT2D eigenvalue weighted by Crippen LogP contribution is -2.11. The fourth-order valence-electron chi connectivity index (χ4n) is 0.334. The molecule has 0 atom stereocenters. The number of hydrogen-bond acceptors (Lipinski definition) is 4. The van der Waals surface area contributed by atoms with Gasteiger partial charge in [-0.25, -0.2) is 5.53 Å². The highest BCUT2D eigenvalue weighted by Crippen LogP contribution is 1.68. The summed E-state index contributed by atoms with van der Waals surface area (Å²) in [5.41, 5.74) is 6.35. The largest absolute Gasteiger partial charge is 0.387 e. The summed E-state index contributed by atoms with van der Waals surface area (Å²) in [6, 6.07) is 0. The van der Waals surface area contributed by atoms with Crippen LogP contribution in [0.25, 0.3) is 0 Å². The van der Waals surface area contributed by atoms with Gasteiger partial charge in [0, 0.05) is 19.9 Å². The molecule has 0 aliphatic rings. The molecule has 0 radical (unpaired) electrons. The van der Waals surface area contributed by atoms with Crippen molar-refractivity contribution in [3.8, 4) is 0 Å². The normalized spacial score (nSPS) is 9.89. The van der Waals surface area contributed by atoms with E-state index in [0.717, 1.165) is 6.54 Å². The fraction of sp³-hybridized carbons (Fsp3) is 0.600. The molecule has 0 fully saturated rings. The topological polar surface area (TPSA) is 57.5 Å². The Labute approximate surface area is 54.4 Å². The van der Waals surface area contributed by atoms with Gasteiger partial charge in [-0.15, -0.1) is 0 Å². The second kappa shape index (κ2) is 7.10. The van der Waals surface area contributed by atoms with E-state index in [9.17, 15) is 0 Å². The molecule has 0 heterocycles. The van der Waals surface area contributed by atoms with Crippen LogP contribution in [0.1, 0.15) is 0 Å². The maximum absolute atomic E-state index is 6.35. The first kappa shape index (κ1) is 8.10. The first-order valence-corrected chi connectivity index (χ1v) is 2.65. The minimum Gasteiger partial charge on any atom is -0.387 e. The zero-order valence-corrected chi connectivity index (χ0v) is 5.42. The molecule has 0 bridgehead atoms. The summed E-state index contributed by atoms with van der Waals surface area (Å²) < 4.78 is 4.75. The Morgan fingerprint density at radius 2 is 2.56 bits per heavy atom.